The van der Waals surface area contributed by atoms with E-state index in [0.29, 0.717) is 19.5 Å². The molecule has 0 saturated carbocycles. The normalized spacial score (nSPS) is 7.11. The second kappa shape index (κ2) is 43.3. The molecule has 0 aromatic heterocycles. The zero-order chi connectivity index (χ0) is 15.4. The number of halogens is 1. The molecule has 0 aromatic carbocycles. The summed E-state index contributed by atoms with van der Waals surface area (Å²) in [5.41, 5.74) is 0. The molecule has 5 nitrogen and oxygen atoms in total. The summed E-state index contributed by atoms with van der Waals surface area (Å²) >= 11 is 3.53. The second-order valence-electron chi connectivity index (χ2n) is 2.73. The van der Waals surface area contributed by atoms with Crippen molar-refractivity contribution in [1.29, 1.82) is 0 Å². The van der Waals surface area contributed by atoms with Crippen molar-refractivity contribution in [3.05, 3.63) is 26.6 Å². The van der Waals surface area contributed by atoms with E-state index in [-0.39, 0.29) is 17.1 Å². The van der Waals surface area contributed by atoms with E-state index < -0.39 is 0 Å². The average Bonchev–Trinajstić information content (AvgIpc) is 2.39. The largest absolute Gasteiger partial charge is 0 e. The molecule has 0 heterocycles. The zero-order valence-electron chi connectivity index (χ0n) is 10.5. The van der Waals surface area contributed by atoms with Gasteiger partial charge in [0.2, 0.25) is 0 Å². The van der Waals surface area contributed by atoms with Gasteiger partial charge in [-0.25, -0.2) is 0 Å². The Morgan fingerprint density at radius 2 is 0.944 bits per heavy atom. The summed E-state index contributed by atoms with van der Waals surface area (Å²) in [7, 11) is 0.317. The molecular formula is C10H16BrFeNO4P+. The van der Waals surface area contributed by atoms with Crippen molar-refractivity contribution in [1.82, 2.24) is 4.67 Å². The number of hydrogen-bond acceptors (Lipinski definition) is 1. The number of hydrogen-bond donors (Lipinski definition) is 0. The molecule has 0 saturated heterocycles. The number of rotatable bonds is 3. The zero-order valence-corrected chi connectivity index (χ0v) is 14.4. The van der Waals surface area contributed by atoms with Crippen molar-refractivity contribution < 1.29 is 35.7 Å². The Morgan fingerprint density at radius 1 is 0.778 bits per heavy atom. The van der Waals surface area contributed by atoms with Crippen LogP contribution < -0.4 is 0 Å². The maximum absolute atomic E-state index is 7.50. The monoisotopic (exact) mass is 380 g/mol. The van der Waals surface area contributed by atoms with Crippen molar-refractivity contribution >= 4 is 22.9 Å². The van der Waals surface area contributed by atoms with Crippen molar-refractivity contribution in [2.45, 2.75) is 39.8 Å². The molecule has 0 rings (SSSR count). The van der Waals surface area contributed by atoms with Crippen molar-refractivity contribution in [2.75, 3.05) is 0 Å². The Kier molecular flexibility index (Phi) is 87.1. The molecule has 8 heteroatoms. The van der Waals surface area contributed by atoms with E-state index >= 15 is 0 Å². The van der Waals surface area contributed by atoms with Crippen LogP contribution in [-0.2, 0) is 35.7 Å². The van der Waals surface area contributed by atoms with Crippen LogP contribution in [0.3, 0.4) is 0 Å². The van der Waals surface area contributed by atoms with Gasteiger partial charge in [-0.2, -0.15) is 4.67 Å². The minimum atomic E-state index is 0. The van der Waals surface area contributed by atoms with Gasteiger partial charge in [0.05, 0.1) is 0 Å². The van der Waals surface area contributed by atoms with Gasteiger partial charge in [-0.05, 0) is 27.7 Å². The van der Waals surface area contributed by atoms with Gasteiger partial charge in [0.1, 0.15) is 7.43 Å². The van der Waals surface area contributed by atoms with E-state index in [1.807, 2.05) is 0 Å². The maximum Gasteiger partial charge on any atom is 0 e. The van der Waals surface area contributed by atoms with Gasteiger partial charge in [-0.1, -0.05) is 0 Å². The molecule has 0 N–H and O–H groups in total. The van der Waals surface area contributed by atoms with Gasteiger partial charge < -0.3 is 0 Å². The van der Waals surface area contributed by atoms with E-state index in [0.717, 1.165) is 0 Å². The van der Waals surface area contributed by atoms with Crippen LogP contribution in [0.1, 0.15) is 27.7 Å². The van der Waals surface area contributed by atoms with Crippen LogP contribution in [0.15, 0.2) is 0 Å². The first-order chi connectivity index (χ1) is 8.09. The molecule has 104 valence electrons. The minimum absolute atomic E-state index is 0. The van der Waals surface area contributed by atoms with Gasteiger partial charge in [-0.3, -0.25) is 0 Å². The van der Waals surface area contributed by atoms with Gasteiger partial charge in [0.15, 0.2) is 15.5 Å². The predicted octanol–water partition coefficient (Wildman–Crippen LogP) is 2.59. The summed E-state index contributed by atoms with van der Waals surface area (Å²) in [4.78, 5) is 0. The fraction of sp³-hybridized carbons (Fsp3) is 0.600. The third kappa shape index (κ3) is 36.0. The summed E-state index contributed by atoms with van der Waals surface area (Å²) in [6.45, 7) is 26.9. The van der Waals surface area contributed by atoms with Gasteiger partial charge in [0.25, 0.3) is 0 Å². The van der Waals surface area contributed by atoms with Crippen LogP contribution in [-0.4, -0.2) is 16.8 Å². The van der Waals surface area contributed by atoms with Gasteiger partial charge in [-0.15, -0.1) is 0 Å². The van der Waals surface area contributed by atoms with Crippen LogP contribution >= 0.6 is 22.9 Å². The molecule has 0 bridgehead atoms. The van der Waals surface area contributed by atoms with Crippen LogP contribution in [0.4, 0.5) is 0 Å². The van der Waals surface area contributed by atoms with Crippen molar-refractivity contribution in [3.8, 4) is 0 Å². The summed E-state index contributed by atoms with van der Waals surface area (Å²) in [6.07, 6.45) is 0. The van der Waals surface area contributed by atoms with E-state index in [1.165, 1.54) is 0 Å². The van der Waals surface area contributed by atoms with Crippen LogP contribution in [0.25, 0.3) is 0 Å². The molecular weight excluding hydrogens is 365 g/mol. The Hall–Kier alpha value is 0.349. The van der Waals surface area contributed by atoms with Gasteiger partial charge in [0, 0.05) is 29.2 Å². The van der Waals surface area contributed by atoms with Crippen LogP contribution in [0, 0.1) is 26.6 Å². The van der Waals surface area contributed by atoms with E-state index in [4.69, 9.17) is 18.6 Å². The second-order valence-corrected chi connectivity index (χ2v) is 4.75. The fourth-order valence-electron chi connectivity index (χ4n) is 0.822. The van der Waals surface area contributed by atoms with Crippen molar-refractivity contribution in [2.24, 2.45) is 0 Å². The Morgan fingerprint density at radius 3 is 0.944 bits per heavy atom. The molecule has 0 amide bonds. The molecule has 1 atom stereocenters. The van der Waals surface area contributed by atoms with E-state index in [1.54, 1.807) is 0 Å². The third-order valence-electron chi connectivity index (χ3n) is 1.31. The summed E-state index contributed by atoms with van der Waals surface area (Å²) < 4.78 is 32.5. The van der Waals surface area contributed by atoms with Crippen LogP contribution in [0.2, 0.25) is 0 Å². The van der Waals surface area contributed by atoms with Gasteiger partial charge >= 0.3 is 45.2 Å². The average molecular weight is 381 g/mol. The molecule has 0 aliphatic carbocycles. The summed E-state index contributed by atoms with van der Waals surface area (Å²) in [6, 6.07) is 1.36. The molecule has 1 unspecified atom stereocenters. The molecule has 0 fully saturated rings. The van der Waals surface area contributed by atoms with Crippen LogP contribution in [0.5, 0.6) is 0 Å². The molecule has 0 radical (unpaired) electrons. The SMILES string of the molecule is CC(C)N([PH2+]Br)C(C)C.[C-]#[O+].[C-]#[O+].[C-]#[O+].[C-]#[O+].[Fe]. The summed E-state index contributed by atoms with van der Waals surface area (Å²) in [5.74, 6) is 0. The molecule has 0 aromatic rings. The Bertz CT molecular complexity index is 175. The number of nitrogens with zero attached hydrogens (tertiary/aromatic N) is 1. The molecule has 0 aliphatic heterocycles. The van der Waals surface area contributed by atoms with E-state index in [2.05, 4.69) is 74.5 Å². The molecule has 0 spiro atoms. The molecule has 0 aliphatic rings. The first-order valence-corrected chi connectivity index (χ1v) is 7.82. The van der Waals surface area contributed by atoms with E-state index in [9.17, 15) is 0 Å². The Balaban J connectivity index is -0.0000000342. The topological polar surface area (TPSA) is 82.8 Å². The maximum atomic E-state index is 7.50. The Labute approximate surface area is 129 Å². The fourth-order valence-corrected chi connectivity index (χ4v) is 4.11. The van der Waals surface area contributed by atoms with Crippen molar-refractivity contribution in [3.63, 3.8) is 0 Å². The first kappa shape index (κ1) is 36.2. The third-order valence-corrected chi connectivity index (χ3v) is 4.14. The minimum Gasteiger partial charge on any atom is 0 e. The predicted molar refractivity (Wildman–Crippen MR) is 66.5 cm³/mol. The standard InChI is InChI=1S/C6H15BrNP.4CO.Fe/c1-5(2)8(9-7)6(3)4;4*1-2;/h5-6,9H,1-4H3;;;;;/p+1. The quantitative estimate of drug-likeness (QED) is 0.320. The summed E-state index contributed by atoms with van der Waals surface area (Å²) in [5, 5.41) is 0. The first-order valence-electron chi connectivity index (χ1n) is 4.12. The molecule has 18 heavy (non-hydrogen) atoms. The smallest absolute Gasteiger partial charge is 0 e.